The maximum absolute atomic E-state index is 13.8. The van der Waals surface area contributed by atoms with E-state index >= 15 is 0 Å². The highest BCUT2D eigenvalue weighted by atomic mass is 32.2. The van der Waals surface area contributed by atoms with Crippen LogP contribution in [-0.2, 0) is 29.0 Å². The zero-order chi connectivity index (χ0) is 26.0. The van der Waals surface area contributed by atoms with Crippen LogP contribution in [-0.4, -0.2) is 106 Å². The Morgan fingerprint density at radius 3 is 2.73 bits per heavy atom. The minimum Gasteiger partial charge on any atom is -0.394 e. The molecular formula is C26H37N3O7S. The van der Waals surface area contributed by atoms with Crippen molar-refractivity contribution in [3.63, 3.8) is 0 Å². The Bertz CT molecular complexity index is 1180. The summed E-state index contributed by atoms with van der Waals surface area (Å²) < 4.78 is 52.4. The number of benzene rings is 1. The number of morpholine rings is 1. The van der Waals surface area contributed by atoms with Crippen molar-refractivity contribution >= 4 is 26.5 Å². The quantitative estimate of drug-likeness (QED) is 0.567. The SMILES string of the molecule is CC(C)OCC1CN(S(=O)(=O)c2ccc(N3CCC4(CC3)COCC(CO)O4)c3cnccc23)CCO1. The van der Waals surface area contributed by atoms with Crippen molar-refractivity contribution < 1.29 is 32.5 Å². The number of fused-ring (bicyclic) bond motifs is 1. The van der Waals surface area contributed by atoms with Crippen LogP contribution in [0.25, 0.3) is 10.8 Å². The summed E-state index contributed by atoms with van der Waals surface area (Å²) in [6.07, 6.45) is 4.38. The molecular weight excluding hydrogens is 498 g/mol. The van der Waals surface area contributed by atoms with Gasteiger partial charge < -0.3 is 29.0 Å². The molecule has 1 spiro atoms. The maximum Gasteiger partial charge on any atom is 0.243 e. The smallest absolute Gasteiger partial charge is 0.243 e. The Morgan fingerprint density at radius 1 is 1.16 bits per heavy atom. The summed E-state index contributed by atoms with van der Waals surface area (Å²) in [5.74, 6) is 0. The molecule has 3 saturated heterocycles. The normalized spacial score (nSPS) is 25.2. The fraction of sp³-hybridized carbons (Fsp3) is 0.654. The number of sulfonamides is 1. The van der Waals surface area contributed by atoms with E-state index in [0.717, 1.165) is 37.0 Å². The molecule has 1 aromatic heterocycles. The van der Waals surface area contributed by atoms with Crippen molar-refractivity contribution in [1.29, 1.82) is 0 Å². The minimum absolute atomic E-state index is 0.0493. The van der Waals surface area contributed by atoms with Crippen LogP contribution in [0.1, 0.15) is 26.7 Å². The topological polar surface area (TPSA) is 111 Å². The molecule has 1 aromatic carbocycles. The average Bonchev–Trinajstić information content (AvgIpc) is 2.92. The van der Waals surface area contributed by atoms with Gasteiger partial charge in [0.05, 0.1) is 55.7 Å². The number of anilines is 1. The summed E-state index contributed by atoms with van der Waals surface area (Å²) in [6.45, 7) is 7.52. The molecule has 3 aliphatic heterocycles. The minimum atomic E-state index is -3.75. The number of aliphatic hydroxyl groups excluding tert-OH is 1. The van der Waals surface area contributed by atoms with E-state index in [0.29, 0.717) is 38.4 Å². The maximum atomic E-state index is 13.8. The highest BCUT2D eigenvalue weighted by molar-refractivity contribution is 7.89. The molecule has 4 heterocycles. The van der Waals surface area contributed by atoms with Crippen LogP contribution in [0.5, 0.6) is 0 Å². The Morgan fingerprint density at radius 2 is 1.97 bits per heavy atom. The predicted octanol–water partition coefficient (Wildman–Crippen LogP) is 1.80. The van der Waals surface area contributed by atoms with Crippen LogP contribution in [0, 0.1) is 0 Å². The van der Waals surface area contributed by atoms with E-state index in [1.165, 1.54) is 4.31 Å². The van der Waals surface area contributed by atoms with Gasteiger partial charge in [-0.3, -0.25) is 4.98 Å². The first kappa shape index (κ1) is 26.7. The van der Waals surface area contributed by atoms with E-state index in [1.807, 2.05) is 19.9 Å². The van der Waals surface area contributed by atoms with Gasteiger partial charge in [-0.1, -0.05) is 0 Å². The lowest BCUT2D eigenvalue weighted by atomic mass is 9.90. The second kappa shape index (κ2) is 11.1. The number of nitrogens with zero attached hydrogens (tertiary/aromatic N) is 3. The van der Waals surface area contributed by atoms with Gasteiger partial charge in [-0.2, -0.15) is 4.31 Å². The van der Waals surface area contributed by atoms with Gasteiger partial charge in [0, 0.05) is 55.0 Å². The summed E-state index contributed by atoms with van der Waals surface area (Å²) in [7, 11) is -3.75. The highest BCUT2D eigenvalue weighted by Gasteiger charge is 2.41. The average molecular weight is 536 g/mol. The van der Waals surface area contributed by atoms with E-state index in [4.69, 9.17) is 18.9 Å². The van der Waals surface area contributed by atoms with E-state index in [2.05, 4.69) is 9.88 Å². The molecule has 0 radical (unpaired) electrons. The first-order valence-corrected chi connectivity index (χ1v) is 14.5. The molecule has 204 valence electrons. The molecule has 2 unspecified atom stereocenters. The van der Waals surface area contributed by atoms with Crippen LogP contribution in [0.15, 0.2) is 35.5 Å². The number of pyridine rings is 1. The van der Waals surface area contributed by atoms with Crippen LogP contribution >= 0.6 is 0 Å². The second-order valence-electron chi connectivity index (χ2n) is 10.3. The van der Waals surface area contributed by atoms with Crippen molar-refractivity contribution in [3.8, 4) is 0 Å². The van der Waals surface area contributed by atoms with Crippen LogP contribution < -0.4 is 4.90 Å². The van der Waals surface area contributed by atoms with Crippen molar-refractivity contribution in [3.05, 3.63) is 30.6 Å². The summed E-state index contributed by atoms with van der Waals surface area (Å²) in [5, 5.41) is 11.0. The molecule has 0 aliphatic carbocycles. The lowest BCUT2D eigenvalue weighted by molar-refractivity contribution is -0.214. The molecule has 2 atom stereocenters. The standard InChI is InChI=1S/C26H37N3O7S/c1-19(2)35-17-20-14-29(11-12-34-20)37(31,32)25-4-3-24(23-13-27-8-5-22(23)25)28-9-6-26(7-10-28)18-33-16-21(15-30)36-26/h3-5,8,13,19-21,30H,6-7,9-12,14-18H2,1-2H3. The molecule has 0 bridgehead atoms. The van der Waals surface area contributed by atoms with Gasteiger partial charge >= 0.3 is 0 Å². The molecule has 0 amide bonds. The lowest BCUT2D eigenvalue weighted by Crippen LogP contribution is -2.55. The number of hydrogen-bond donors (Lipinski definition) is 1. The van der Waals surface area contributed by atoms with Gasteiger partial charge in [0.2, 0.25) is 10.0 Å². The monoisotopic (exact) mass is 535 g/mol. The Kier molecular flexibility index (Phi) is 8.02. The highest BCUT2D eigenvalue weighted by Crippen LogP contribution is 2.37. The number of aliphatic hydroxyl groups is 1. The van der Waals surface area contributed by atoms with Crippen molar-refractivity contribution in [2.45, 2.75) is 55.5 Å². The summed E-state index contributed by atoms with van der Waals surface area (Å²) in [4.78, 5) is 6.85. The second-order valence-corrected chi connectivity index (χ2v) is 12.3. The number of aromatic nitrogens is 1. The van der Waals surface area contributed by atoms with Crippen molar-refractivity contribution in [1.82, 2.24) is 9.29 Å². The predicted molar refractivity (Wildman–Crippen MR) is 138 cm³/mol. The van der Waals surface area contributed by atoms with E-state index in [9.17, 15) is 13.5 Å². The van der Waals surface area contributed by atoms with Gasteiger partial charge in [-0.25, -0.2) is 8.42 Å². The Balaban J connectivity index is 1.37. The third-order valence-electron chi connectivity index (χ3n) is 7.39. The summed E-state index contributed by atoms with van der Waals surface area (Å²) in [6, 6.07) is 5.39. The summed E-state index contributed by atoms with van der Waals surface area (Å²) >= 11 is 0. The van der Waals surface area contributed by atoms with Gasteiger partial charge in [0.1, 0.15) is 6.10 Å². The molecule has 1 N–H and O–H groups in total. The third kappa shape index (κ3) is 5.63. The van der Waals surface area contributed by atoms with Crippen molar-refractivity contribution in [2.24, 2.45) is 0 Å². The van der Waals surface area contributed by atoms with Gasteiger partial charge in [-0.05, 0) is 44.9 Å². The van der Waals surface area contributed by atoms with Crippen LogP contribution in [0.3, 0.4) is 0 Å². The van der Waals surface area contributed by atoms with Gasteiger partial charge in [-0.15, -0.1) is 0 Å². The molecule has 37 heavy (non-hydrogen) atoms. The molecule has 5 rings (SSSR count). The number of ether oxygens (including phenoxy) is 4. The van der Waals surface area contributed by atoms with E-state index in [-0.39, 0.29) is 42.0 Å². The van der Waals surface area contributed by atoms with Crippen molar-refractivity contribution in [2.75, 3.05) is 64.1 Å². The zero-order valence-corrected chi connectivity index (χ0v) is 22.4. The zero-order valence-electron chi connectivity index (χ0n) is 21.5. The van der Waals surface area contributed by atoms with Crippen LogP contribution in [0.2, 0.25) is 0 Å². The van der Waals surface area contributed by atoms with E-state index in [1.54, 1.807) is 24.5 Å². The number of rotatable bonds is 7. The first-order valence-electron chi connectivity index (χ1n) is 13.0. The van der Waals surface area contributed by atoms with E-state index < -0.39 is 10.0 Å². The van der Waals surface area contributed by atoms with Crippen LogP contribution in [0.4, 0.5) is 5.69 Å². The molecule has 2 aromatic rings. The molecule has 3 aliphatic rings. The number of hydrogen-bond acceptors (Lipinski definition) is 9. The third-order valence-corrected chi connectivity index (χ3v) is 9.32. The van der Waals surface area contributed by atoms with Gasteiger partial charge in [0.15, 0.2) is 0 Å². The Hall–Kier alpha value is -1.86. The molecule has 0 saturated carbocycles. The first-order chi connectivity index (χ1) is 17.8. The Labute approximate surface area is 218 Å². The lowest BCUT2D eigenvalue weighted by Gasteiger charge is -2.46. The summed E-state index contributed by atoms with van der Waals surface area (Å²) in [5.41, 5.74) is 0.573. The molecule has 10 nitrogen and oxygen atoms in total. The fourth-order valence-electron chi connectivity index (χ4n) is 5.40. The molecule has 3 fully saturated rings. The fourth-order valence-corrected chi connectivity index (χ4v) is 7.06. The molecule has 11 heteroatoms. The largest absolute Gasteiger partial charge is 0.394 e. The number of piperidine rings is 1. The van der Waals surface area contributed by atoms with Gasteiger partial charge in [0.25, 0.3) is 0 Å².